The number of hydrogen-bond donors (Lipinski definition) is 0. The smallest absolute Gasteiger partial charge is 0.296 e. The number of pyridine rings is 1. The highest BCUT2D eigenvalue weighted by molar-refractivity contribution is 6.12. The van der Waals surface area contributed by atoms with E-state index in [1.807, 2.05) is 12.1 Å². The van der Waals surface area contributed by atoms with E-state index in [1.165, 1.54) is 6.20 Å². The normalized spacial score (nSPS) is 12.0. The van der Waals surface area contributed by atoms with E-state index >= 15 is 0 Å². The van der Waals surface area contributed by atoms with Crippen LogP contribution in [0.15, 0.2) is 48.2 Å². The van der Waals surface area contributed by atoms with E-state index < -0.39 is 6.55 Å². The molecule has 0 N–H and O–H groups in total. The number of aromatic nitrogens is 2. The van der Waals surface area contributed by atoms with Crippen molar-refractivity contribution >= 4 is 33.6 Å². The number of halogens is 2. The maximum absolute atomic E-state index is 13.4. The van der Waals surface area contributed by atoms with Crippen LogP contribution in [0.4, 0.5) is 8.78 Å². The van der Waals surface area contributed by atoms with Crippen LogP contribution in [0, 0.1) is 0 Å². The Morgan fingerprint density at radius 1 is 1.29 bits per heavy atom. The highest BCUT2D eigenvalue weighted by Gasteiger charge is 2.17. The molecule has 0 saturated heterocycles. The van der Waals surface area contributed by atoms with Gasteiger partial charge in [-0.2, -0.15) is 8.78 Å². The summed E-state index contributed by atoms with van der Waals surface area (Å²) in [5, 5.41) is 1.47. The lowest BCUT2D eigenvalue weighted by Crippen LogP contribution is -1.97. The number of aliphatic imine (C=N–C) groups is 1. The number of allylic oxidation sites excluding steroid dienone is 1. The molecule has 0 bridgehead atoms. The summed E-state index contributed by atoms with van der Waals surface area (Å²) in [5.41, 5.74) is 2.40. The average Bonchev–Trinajstić information content (AvgIpc) is 2.81. The van der Waals surface area contributed by atoms with Crippen LogP contribution in [0.1, 0.15) is 12.1 Å². The summed E-state index contributed by atoms with van der Waals surface area (Å²) in [7, 11) is 1.64. The molecule has 0 aliphatic rings. The zero-order valence-electron chi connectivity index (χ0n) is 11.4. The van der Waals surface area contributed by atoms with Gasteiger partial charge in [-0.25, -0.2) is 0 Å². The molecule has 2 aromatic heterocycles. The second kappa shape index (κ2) is 5.09. The third-order valence-electron chi connectivity index (χ3n) is 3.46. The molecule has 0 fully saturated rings. The molecule has 0 radical (unpaired) electrons. The SMILES string of the molecule is C=C(/C=N\C)c1ccc2c3cnccc3n(C(F)F)c2c1. The molecule has 3 nitrogen and oxygen atoms in total. The Hall–Kier alpha value is -2.56. The molecule has 1 aromatic carbocycles. The van der Waals surface area contributed by atoms with Crippen molar-refractivity contribution in [3.05, 3.63) is 48.8 Å². The van der Waals surface area contributed by atoms with Crippen LogP contribution in [0.3, 0.4) is 0 Å². The van der Waals surface area contributed by atoms with Crippen LogP contribution in [-0.2, 0) is 0 Å². The first-order chi connectivity index (χ1) is 10.1. The largest absolute Gasteiger partial charge is 0.319 e. The van der Waals surface area contributed by atoms with Gasteiger partial charge in [-0.05, 0) is 23.3 Å². The second-order valence-corrected chi connectivity index (χ2v) is 4.68. The Morgan fingerprint density at radius 2 is 2.10 bits per heavy atom. The summed E-state index contributed by atoms with van der Waals surface area (Å²) in [6.07, 6.45) is 4.74. The van der Waals surface area contributed by atoms with Gasteiger partial charge in [0.15, 0.2) is 0 Å². The molecule has 3 rings (SSSR count). The van der Waals surface area contributed by atoms with Gasteiger partial charge < -0.3 is 0 Å². The Morgan fingerprint density at radius 3 is 2.81 bits per heavy atom. The fourth-order valence-electron chi connectivity index (χ4n) is 2.53. The van der Waals surface area contributed by atoms with Gasteiger partial charge in [0.05, 0.1) is 11.0 Å². The first-order valence-corrected chi connectivity index (χ1v) is 6.40. The van der Waals surface area contributed by atoms with Crippen LogP contribution < -0.4 is 0 Å². The Labute approximate surface area is 120 Å². The van der Waals surface area contributed by atoms with E-state index in [1.54, 1.807) is 31.6 Å². The minimum atomic E-state index is -2.62. The fraction of sp³-hybridized carbons (Fsp3) is 0.125. The highest BCUT2D eigenvalue weighted by Crippen LogP contribution is 2.33. The van der Waals surface area contributed by atoms with Crippen LogP contribution in [-0.4, -0.2) is 22.8 Å². The molecule has 0 amide bonds. The van der Waals surface area contributed by atoms with Gasteiger partial charge >= 0.3 is 6.55 Å². The van der Waals surface area contributed by atoms with Crippen molar-refractivity contribution < 1.29 is 8.78 Å². The minimum absolute atomic E-state index is 0.469. The van der Waals surface area contributed by atoms with E-state index in [-0.39, 0.29) is 0 Å². The molecule has 21 heavy (non-hydrogen) atoms. The lowest BCUT2D eigenvalue weighted by Gasteiger charge is -2.06. The van der Waals surface area contributed by atoms with Gasteiger partial charge in [0.2, 0.25) is 0 Å². The predicted octanol–water partition coefficient (Wildman–Crippen LogP) is 4.30. The summed E-state index contributed by atoms with van der Waals surface area (Å²) in [6.45, 7) is 1.28. The lowest BCUT2D eigenvalue weighted by molar-refractivity contribution is 0.0796. The lowest BCUT2D eigenvalue weighted by atomic mass is 10.1. The molecule has 3 aromatic rings. The molecule has 2 heterocycles. The van der Waals surface area contributed by atoms with Crippen LogP contribution in [0.5, 0.6) is 0 Å². The van der Waals surface area contributed by atoms with Gasteiger partial charge in [0.25, 0.3) is 0 Å². The second-order valence-electron chi connectivity index (χ2n) is 4.68. The molecule has 0 aliphatic heterocycles. The van der Waals surface area contributed by atoms with E-state index in [0.29, 0.717) is 22.0 Å². The van der Waals surface area contributed by atoms with Gasteiger partial charge in [-0.1, -0.05) is 18.7 Å². The number of fused-ring (bicyclic) bond motifs is 3. The summed E-state index contributed by atoms with van der Waals surface area (Å²) >= 11 is 0. The monoisotopic (exact) mass is 285 g/mol. The maximum atomic E-state index is 13.4. The van der Waals surface area contributed by atoms with Crippen molar-refractivity contribution in [2.24, 2.45) is 4.99 Å². The van der Waals surface area contributed by atoms with Crippen molar-refractivity contribution in [1.82, 2.24) is 9.55 Å². The average molecular weight is 285 g/mol. The zero-order valence-corrected chi connectivity index (χ0v) is 11.4. The summed E-state index contributed by atoms with van der Waals surface area (Å²) < 4.78 is 27.9. The quantitative estimate of drug-likeness (QED) is 0.660. The Kier molecular flexibility index (Phi) is 3.25. The molecule has 0 atom stereocenters. The van der Waals surface area contributed by atoms with Gasteiger partial charge in [-0.15, -0.1) is 0 Å². The highest BCUT2D eigenvalue weighted by atomic mass is 19.3. The third-order valence-corrected chi connectivity index (χ3v) is 3.46. The fourth-order valence-corrected chi connectivity index (χ4v) is 2.53. The van der Waals surface area contributed by atoms with Crippen molar-refractivity contribution in [2.45, 2.75) is 6.55 Å². The van der Waals surface area contributed by atoms with Crippen LogP contribution in [0.25, 0.3) is 27.4 Å². The van der Waals surface area contributed by atoms with Crippen molar-refractivity contribution in [3.8, 4) is 0 Å². The number of benzene rings is 1. The van der Waals surface area contributed by atoms with Crippen molar-refractivity contribution in [3.63, 3.8) is 0 Å². The van der Waals surface area contributed by atoms with Gasteiger partial charge in [0.1, 0.15) is 0 Å². The predicted molar refractivity (Wildman–Crippen MR) is 81.9 cm³/mol. The van der Waals surface area contributed by atoms with Crippen LogP contribution in [0.2, 0.25) is 0 Å². The van der Waals surface area contributed by atoms with E-state index in [4.69, 9.17) is 0 Å². The van der Waals surface area contributed by atoms with Crippen molar-refractivity contribution in [1.29, 1.82) is 0 Å². The summed E-state index contributed by atoms with van der Waals surface area (Å²) in [4.78, 5) is 7.93. The van der Waals surface area contributed by atoms with Gasteiger partial charge in [0, 0.05) is 36.4 Å². The Balaban J connectivity index is 2.36. The zero-order chi connectivity index (χ0) is 15.0. The first kappa shape index (κ1) is 13.4. The van der Waals surface area contributed by atoms with E-state index in [2.05, 4.69) is 16.6 Å². The summed E-state index contributed by atoms with van der Waals surface area (Å²) in [6, 6.07) is 6.99. The van der Waals surface area contributed by atoms with Crippen LogP contribution >= 0.6 is 0 Å². The number of rotatable bonds is 3. The van der Waals surface area contributed by atoms with Crippen molar-refractivity contribution in [2.75, 3.05) is 7.05 Å². The van der Waals surface area contributed by atoms with E-state index in [9.17, 15) is 8.78 Å². The molecule has 5 heteroatoms. The first-order valence-electron chi connectivity index (χ1n) is 6.40. The molecular weight excluding hydrogens is 272 g/mol. The van der Waals surface area contributed by atoms with E-state index in [0.717, 1.165) is 15.5 Å². The molecule has 0 unspecified atom stereocenters. The Bertz CT molecular complexity index is 862. The number of nitrogens with zero attached hydrogens (tertiary/aromatic N) is 3. The maximum Gasteiger partial charge on any atom is 0.319 e. The number of alkyl halides is 2. The molecule has 0 aliphatic carbocycles. The summed E-state index contributed by atoms with van der Waals surface area (Å²) in [5.74, 6) is 0. The molecule has 0 spiro atoms. The third kappa shape index (κ3) is 2.11. The number of hydrogen-bond acceptors (Lipinski definition) is 2. The standard InChI is InChI=1S/C16H13F2N3/c1-10(8-19-2)11-3-4-12-13-9-20-6-5-14(13)21(16(17)18)15(12)7-11/h3-9,16H,1H2,2H3/b19-8-. The van der Waals surface area contributed by atoms with Gasteiger partial charge in [-0.3, -0.25) is 14.5 Å². The topological polar surface area (TPSA) is 30.2 Å². The minimum Gasteiger partial charge on any atom is -0.296 e. The molecular formula is C16H13F2N3. The molecule has 0 saturated carbocycles. The molecule has 106 valence electrons.